The molecule has 0 spiro atoms. The summed E-state index contributed by atoms with van der Waals surface area (Å²) >= 11 is 13.8. The predicted molar refractivity (Wildman–Crippen MR) is 103 cm³/mol. The van der Waals surface area contributed by atoms with E-state index in [9.17, 15) is 4.79 Å². The zero-order chi connectivity index (χ0) is 18.7. The number of aryl methyl sites for hydroxylation is 2. The third kappa shape index (κ3) is 3.90. The SMILES string of the molecule is CCCCc1nnc(NC(=O)c2c(-c3c(Cl)cccc3Cl)noc2C)s1. The monoisotopic (exact) mass is 410 g/mol. The molecule has 3 aromatic rings. The molecule has 0 unspecified atom stereocenters. The highest BCUT2D eigenvalue weighted by molar-refractivity contribution is 7.15. The molecule has 2 heterocycles. The topological polar surface area (TPSA) is 80.9 Å². The maximum absolute atomic E-state index is 12.8. The van der Waals surface area contributed by atoms with Gasteiger partial charge in [-0.15, -0.1) is 10.2 Å². The molecule has 0 aliphatic rings. The number of halogens is 2. The smallest absolute Gasteiger partial charge is 0.263 e. The molecule has 0 fully saturated rings. The van der Waals surface area contributed by atoms with E-state index in [0.29, 0.717) is 32.2 Å². The van der Waals surface area contributed by atoms with Crippen molar-refractivity contribution in [2.75, 3.05) is 5.32 Å². The molecule has 0 aliphatic heterocycles. The van der Waals surface area contributed by atoms with Crippen LogP contribution in [0.2, 0.25) is 10.0 Å². The van der Waals surface area contributed by atoms with Gasteiger partial charge in [0.25, 0.3) is 5.91 Å². The summed E-state index contributed by atoms with van der Waals surface area (Å²) in [5.41, 5.74) is 1.02. The van der Waals surface area contributed by atoms with Crippen molar-refractivity contribution in [2.45, 2.75) is 33.1 Å². The van der Waals surface area contributed by atoms with Crippen LogP contribution >= 0.6 is 34.5 Å². The third-order valence-electron chi connectivity index (χ3n) is 3.72. The fourth-order valence-corrected chi connectivity index (χ4v) is 3.78. The number of unbranched alkanes of at least 4 members (excludes halogenated alkanes) is 1. The van der Waals surface area contributed by atoms with Gasteiger partial charge in [0.1, 0.15) is 22.0 Å². The second-order valence-corrected chi connectivity index (χ2v) is 7.49. The quantitative estimate of drug-likeness (QED) is 0.587. The van der Waals surface area contributed by atoms with Crippen LogP contribution in [0.3, 0.4) is 0 Å². The first-order valence-electron chi connectivity index (χ1n) is 8.05. The molecule has 6 nitrogen and oxygen atoms in total. The van der Waals surface area contributed by atoms with Gasteiger partial charge in [0.2, 0.25) is 5.13 Å². The van der Waals surface area contributed by atoms with E-state index in [4.69, 9.17) is 27.7 Å². The average molecular weight is 411 g/mol. The number of benzene rings is 1. The van der Waals surface area contributed by atoms with Gasteiger partial charge in [-0.2, -0.15) is 0 Å². The Balaban J connectivity index is 1.89. The summed E-state index contributed by atoms with van der Waals surface area (Å²) in [5.74, 6) is -0.0304. The molecule has 2 aromatic heterocycles. The number of amides is 1. The molecule has 1 aromatic carbocycles. The normalized spacial score (nSPS) is 10.9. The molecule has 0 bridgehead atoms. The molecule has 136 valence electrons. The number of hydrogen-bond acceptors (Lipinski definition) is 6. The van der Waals surface area contributed by atoms with Crippen LogP contribution in [-0.4, -0.2) is 21.3 Å². The van der Waals surface area contributed by atoms with Crippen molar-refractivity contribution in [2.24, 2.45) is 0 Å². The molecule has 1 amide bonds. The van der Waals surface area contributed by atoms with E-state index in [2.05, 4.69) is 27.6 Å². The van der Waals surface area contributed by atoms with E-state index in [1.165, 1.54) is 11.3 Å². The molecule has 0 saturated carbocycles. The highest BCUT2D eigenvalue weighted by atomic mass is 35.5. The first-order valence-corrected chi connectivity index (χ1v) is 9.62. The summed E-state index contributed by atoms with van der Waals surface area (Å²) in [6, 6.07) is 5.08. The molecule has 0 atom stereocenters. The van der Waals surface area contributed by atoms with Gasteiger partial charge in [0.05, 0.1) is 10.0 Å². The number of nitrogens with one attached hydrogen (secondary N) is 1. The van der Waals surface area contributed by atoms with Crippen molar-refractivity contribution in [3.05, 3.63) is 44.6 Å². The molecular formula is C17H16Cl2N4O2S. The van der Waals surface area contributed by atoms with E-state index in [1.54, 1.807) is 25.1 Å². The van der Waals surface area contributed by atoms with Crippen molar-refractivity contribution in [1.82, 2.24) is 15.4 Å². The van der Waals surface area contributed by atoms with Crippen molar-refractivity contribution >= 4 is 45.6 Å². The molecule has 0 aliphatic carbocycles. The molecule has 0 saturated heterocycles. The van der Waals surface area contributed by atoms with Gasteiger partial charge in [-0.3, -0.25) is 10.1 Å². The number of carbonyl (C=O) groups excluding carboxylic acids is 1. The van der Waals surface area contributed by atoms with E-state index in [1.807, 2.05) is 0 Å². The lowest BCUT2D eigenvalue weighted by Crippen LogP contribution is -2.13. The molecular weight excluding hydrogens is 395 g/mol. The Kier molecular flexibility index (Phi) is 5.90. The largest absolute Gasteiger partial charge is 0.360 e. The standard InChI is InChI=1S/C17H16Cl2N4O2S/c1-3-4-8-12-21-22-17(26-12)20-16(24)13-9(2)25-23-15(13)14-10(18)6-5-7-11(14)19/h5-7H,3-4,8H2,1-2H3,(H,20,22,24). The molecule has 0 radical (unpaired) electrons. The van der Waals surface area contributed by atoms with Crippen LogP contribution in [0.15, 0.2) is 22.7 Å². The minimum absolute atomic E-state index is 0.269. The highest BCUT2D eigenvalue weighted by Crippen LogP contribution is 2.37. The van der Waals surface area contributed by atoms with Gasteiger partial charge in [-0.05, 0) is 25.5 Å². The molecule has 9 heteroatoms. The number of anilines is 1. The summed E-state index contributed by atoms with van der Waals surface area (Å²) in [7, 11) is 0. The molecule has 26 heavy (non-hydrogen) atoms. The first kappa shape index (κ1) is 18.8. The van der Waals surface area contributed by atoms with Crippen LogP contribution in [0.4, 0.5) is 5.13 Å². The summed E-state index contributed by atoms with van der Waals surface area (Å²) in [6.45, 7) is 3.77. The number of nitrogens with zero attached hydrogens (tertiary/aromatic N) is 3. The van der Waals surface area contributed by atoms with E-state index in [-0.39, 0.29) is 5.56 Å². The number of hydrogen-bond donors (Lipinski definition) is 1. The average Bonchev–Trinajstić information content (AvgIpc) is 3.19. The highest BCUT2D eigenvalue weighted by Gasteiger charge is 2.25. The van der Waals surface area contributed by atoms with Crippen molar-refractivity contribution in [3.8, 4) is 11.3 Å². The Hall–Kier alpha value is -1.96. The van der Waals surface area contributed by atoms with Gasteiger partial charge in [-0.1, -0.05) is 59.1 Å². The second kappa shape index (κ2) is 8.16. The molecule has 1 N–H and O–H groups in total. The van der Waals surface area contributed by atoms with Crippen molar-refractivity contribution < 1.29 is 9.32 Å². The Bertz CT molecular complexity index is 918. The lowest BCUT2D eigenvalue weighted by atomic mass is 10.1. The third-order valence-corrected chi connectivity index (χ3v) is 5.25. The van der Waals surface area contributed by atoms with Crippen molar-refractivity contribution in [3.63, 3.8) is 0 Å². The number of carbonyl (C=O) groups is 1. The van der Waals surface area contributed by atoms with Gasteiger partial charge in [0.15, 0.2) is 0 Å². The van der Waals surface area contributed by atoms with Crippen LogP contribution in [-0.2, 0) is 6.42 Å². The predicted octanol–water partition coefficient (Wildman–Crippen LogP) is 5.40. The number of aromatic nitrogens is 3. The van der Waals surface area contributed by atoms with Crippen LogP contribution in [0.5, 0.6) is 0 Å². The maximum atomic E-state index is 12.8. The van der Waals surface area contributed by atoms with Crippen LogP contribution in [0, 0.1) is 6.92 Å². The van der Waals surface area contributed by atoms with E-state index in [0.717, 1.165) is 24.3 Å². The maximum Gasteiger partial charge on any atom is 0.263 e. The summed E-state index contributed by atoms with van der Waals surface area (Å²) < 4.78 is 5.22. The lowest BCUT2D eigenvalue weighted by Gasteiger charge is -2.06. The second-order valence-electron chi connectivity index (χ2n) is 5.62. The first-order chi connectivity index (χ1) is 12.5. The van der Waals surface area contributed by atoms with Gasteiger partial charge >= 0.3 is 0 Å². The fourth-order valence-electron chi connectivity index (χ4n) is 2.43. The van der Waals surface area contributed by atoms with Crippen molar-refractivity contribution in [1.29, 1.82) is 0 Å². The fraction of sp³-hybridized carbons (Fsp3) is 0.294. The Morgan fingerprint density at radius 1 is 1.27 bits per heavy atom. The van der Waals surface area contributed by atoms with Gasteiger partial charge < -0.3 is 4.52 Å². The Morgan fingerprint density at radius 2 is 2.00 bits per heavy atom. The van der Waals surface area contributed by atoms with Crippen LogP contribution in [0.1, 0.15) is 40.9 Å². The van der Waals surface area contributed by atoms with Crippen LogP contribution < -0.4 is 5.32 Å². The number of rotatable bonds is 6. The molecule has 3 rings (SSSR count). The Morgan fingerprint density at radius 3 is 2.69 bits per heavy atom. The van der Waals surface area contributed by atoms with E-state index >= 15 is 0 Å². The summed E-state index contributed by atoms with van der Waals surface area (Å²) in [4.78, 5) is 12.8. The van der Waals surface area contributed by atoms with Gasteiger partial charge in [0, 0.05) is 12.0 Å². The summed E-state index contributed by atoms with van der Waals surface area (Å²) in [6.07, 6.45) is 2.95. The minimum Gasteiger partial charge on any atom is -0.360 e. The van der Waals surface area contributed by atoms with Crippen LogP contribution in [0.25, 0.3) is 11.3 Å². The minimum atomic E-state index is -0.395. The lowest BCUT2D eigenvalue weighted by molar-refractivity contribution is 0.102. The van der Waals surface area contributed by atoms with E-state index < -0.39 is 5.91 Å². The summed E-state index contributed by atoms with van der Waals surface area (Å²) in [5, 5.41) is 16.9. The zero-order valence-electron chi connectivity index (χ0n) is 14.2. The van der Waals surface area contributed by atoms with Gasteiger partial charge in [-0.25, -0.2) is 0 Å². The zero-order valence-corrected chi connectivity index (χ0v) is 16.5. The Labute approximate surface area is 164 Å².